The minimum atomic E-state index is 0.738. The molecule has 2 heterocycles. The van der Waals surface area contributed by atoms with Crippen LogP contribution >= 0.6 is 11.3 Å². The molecule has 3 rings (SSSR count). The van der Waals surface area contributed by atoms with E-state index in [1.54, 1.807) is 5.56 Å². The van der Waals surface area contributed by atoms with Gasteiger partial charge in [-0.1, -0.05) is 18.2 Å². The lowest BCUT2D eigenvalue weighted by Gasteiger charge is -2.09. The Morgan fingerprint density at radius 3 is 3.14 bits per heavy atom. The number of fused-ring (bicyclic) bond motifs is 1. The van der Waals surface area contributed by atoms with Crippen molar-refractivity contribution in [3.8, 4) is 10.4 Å². The lowest BCUT2D eigenvalue weighted by Crippen LogP contribution is -2.07. The van der Waals surface area contributed by atoms with Gasteiger partial charge in [0.15, 0.2) is 0 Å². The van der Waals surface area contributed by atoms with E-state index in [-0.39, 0.29) is 0 Å². The molecular formula is C12H13NS. The topological polar surface area (TPSA) is 12.0 Å². The predicted molar refractivity (Wildman–Crippen MR) is 61.2 cm³/mol. The molecule has 0 saturated carbocycles. The highest BCUT2D eigenvalue weighted by Crippen LogP contribution is 2.37. The first-order valence-electron chi connectivity index (χ1n) is 5.12. The minimum absolute atomic E-state index is 0.738. The zero-order chi connectivity index (χ0) is 9.38. The Morgan fingerprint density at radius 2 is 2.29 bits per heavy atom. The molecule has 1 N–H and O–H groups in total. The highest BCUT2D eigenvalue weighted by molar-refractivity contribution is 7.13. The first kappa shape index (κ1) is 8.45. The van der Waals surface area contributed by atoms with Gasteiger partial charge in [0.2, 0.25) is 0 Å². The van der Waals surface area contributed by atoms with Gasteiger partial charge in [-0.2, -0.15) is 0 Å². The van der Waals surface area contributed by atoms with Gasteiger partial charge in [-0.25, -0.2) is 0 Å². The molecule has 14 heavy (non-hydrogen) atoms. The van der Waals surface area contributed by atoms with Gasteiger partial charge < -0.3 is 5.32 Å². The smallest absolute Gasteiger partial charge is 0.0345 e. The third-order valence-electron chi connectivity index (χ3n) is 3.03. The summed E-state index contributed by atoms with van der Waals surface area (Å²) in [6.45, 7) is 2.33. The molecule has 72 valence electrons. The summed E-state index contributed by atoms with van der Waals surface area (Å²) in [5.41, 5.74) is 3.01. The van der Waals surface area contributed by atoms with Gasteiger partial charge in [-0.15, -0.1) is 11.3 Å². The molecule has 0 amide bonds. The first-order valence-corrected chi connectivity index (χ1v) is 6.00. The molecule has 0 aromatic rings. The molecule has 0 aromatic carbocycles. The van der Waals surface area contributed by atoms with E-state index in [1.807, 2.05) is 11.3 Å². The molecule has 3 aliphatic rings. The van der Waals surface area contributed by atoms with Crippen LogP contribution in [0.4, 0.5) is 0 Å². The fourth-order valence-corrected chi connectivity index (χ4v) is 3.06. The molecule has 1 nitrogen and oxygen atoms in total. The molecule has 1 aliphatic carbocycles. The molecule has 2 heteroatoms. The summed E-state index contributed by atoms with van der Waals surface area (Å²) in [7, 11) is 0. The van der Waals surface area contributed by atoms with Crippen molar-refractivity contribution < 1.29 is 0 Å². The maximum atomic E-state index is 3.43. The van der Waals surface area contributed by atoms with Crippen molar-refractivity contribution in [3.63, 3.8) is 0 Å². The lowest BCUT2D eigenvalue weighted by atomic mass is 9.97. The summed E-state index contributed by atoms with van der Waals surface area (Å²) >= 11 is 1.84. The fourth-order valence-electron chi connectivity index (χ4n) is 2.29. The molecule has 1 unspecified atom stereocenters. The summed E-state index contributed by atoms with van der Waals surface area (Å²) in [4.78, 5) is 1.43. The van der Waals surface area contributed by atoms with Crippen molar-refractivity contribution in [2.24, 2.45) is 0 Å². The molecule has 1 atom stereocenters. The standard InChI is InChI=1S/C12H13NS/c1-2-11-10(9-5-6-13-8-9)3-4-12(11)14-7-1/h1-4,7,9,13H,5-6,8H2. The molecular weight excluding hydrogens is 190 g/mol. The van der Waals surface area contributed by atoms with E-state index in [2.05, 4.69) is 35.0 Å². The van der Waals surface area contributed by atoms with E-state index in [4.69, 9.17) is 0 Å². The van der Waals surface area contributed by atoms with Crippen molar-refractivity contribution in [2.45, 2.75) is 12.3 Å². The Balaban J connectivity index is 2.05. The minimum Gasteiger partial charge on any atom is -0.316 e. The highest BCUT2D eigenvalue weighted by atomic mass is 32.1. The van der Waals surface area contributed by atoms with E-state index < -0.39 is 0 Å². The van der Waals surface area contributed by atoms with Crippen LogP contribution in [0.2, 0.25) is 0 Å². The number of nitrogens with one attached hydrogen (secondary N) is 1. The number of hydrogen-bond acceptors (Lipinski definition) is 2. The van der Waals surface area contributed by atoms with Crippen LogP contribution in [0.5, 0.6) is 0 Å². The van der Waals surface area contributed by atoms with Gasteiger partial charge in [0.25, 0.3) is 0 Å². The van der Waals surface area contributed by atoms with Crippen molar-refractivity contribution in [2.75, 3.05) is 13.1 Å². The van der Waals surface area contributed by atoms with Gasteiger partial charge in [0.05, 0.1) is 0 Å². The first-order chi connectivity index (χ1) is 6.95. The van der Waals surface area contributed by atoms with Gasteiger partial charge in [0.1, 0.15) is 0 Å². The fraction of sp³-hybridized carbons (Fsp3) is 0.333. The number of rotatable bonds is 1. The summed E-state index contributed by atoms with van der Waals surface area (Å²) in [6, 6.07) is 8.96. The molecule has 0 aromatic heterocycles. The van der Waals surface area contributed by atoms with Crippen LogP contribution in [0.1, 0.15) is 17.9 Å². The molecule has 0 bridgehead atoms. The SMILES string of the molecule is c1csc2ccc(C3CCNC3)c-2c1. The Bertz CT molecular complexity index is 401. The second kappa shape index (κ2) is 3.37. The second-order valence-corrected chi connectivity index (χ2v) is 4.82. The third kappa shape index (κ3) is 1.26. The van der Waals surface area contributed by atoms with Crippen molar-refractivity contribution in [1.29, 1.82) is 0 Å². The largest absolute Gasteiger partial charge is 0.316 e. The second-order valence-electron chi connectivity index (χ2n) is 3.87. The van der Waals surface area contributed by atoms with E-state index in [0.717, 1.165) is 12.5 Å². The van der Waals surface area contributed by atoms with Gasteiger partial charge in [-0.05, 0) is 41.5 Å². The number of hydrogen-bond donors (Lipinski definition) is 1. The summed E-state index contributed by atoms with van der Waals surface area (Å²) in [6.07, 6.45) is 1.29. The quantitative estimate of drug-likeness (QED) is 0.751. The average molecular weight is 203 g/mol. The maximum absolute atomic E-state index is 3.43. The van der Waals surface area contributed by atoms with Crippen molar-refractivity contribution >= 4 is 11.3 Å². The van der Waals surface area contributed by atoms with Crippen LogP contribution in [-0.4, -0.2) is 13.1 Å². The van der Waals surface area contributed by atoms with Crippen LogP contribution in [0.15, 0.2) is 29.6 Å². The molecule has 1 fully saturated rings. The predicted octanol–water partition coefficient (Wildman–Crippen LogP) is 2.93. The van der Waals surface area contributed by atoms with Gasteiger partial charge >= 0.3 is 0 Å². The monoisotopic (exact) mass is 203 g/mol. The van der Waals surface area contributed by atoms with E-state index in [0.29, 0.717) is 0 Å². The van der Waals surface area contributed by atoms with Gasteiger partial charge in [0, 0.05) is 11.4 Å². The van der Waals surface area contributed by atoms with Crippen molar-refractivity contribution in [3.05, 3.63) is 35.2 Å². The maximum Gasteiger partial charge on any atom is 0.0345 e. The molecule has 1 saturated heterocycles. The summed E-state index contributed by atoms with van der Waals surface area (Å²) < 4.78 is 0. The van der Waals surface area contributed by atoms with E-state index in [1.165, 1.54) is 23.4 Å². The van der Waals surface area contributed by atoms with E-state index in [9.17, 15) is 0 Å². The Labute approximate surface area is 88.1 Å². The molecule has 0 spiro atoms. The zero-order valence-electron chi connectivity index (χ0n) is 7.99. The Kier molecular flexibility index (Phi) is 2.03. The highest BCUT2D eigenvalue weighted by Gasteiger charge is 2.21. The van der Waals surface area contributed by atoms with Crippen LogP contribution in [-0.2, 0) is 0 Å². The van der Waals surface area contributed by atoms with Crippen LogP contribution in [0.25, 0.3) is 10.4 Å². The Morgan fingerprint density at radius 1 is 1.29 bits per heavy atom. The zero-order valence-corrected chi connectivity index (χ0v) is 8.81. The van der Waals surface area contributed by atoms with Gasteiger partial charge in [-0.3, -0.25) is 0 Å². The van der Waals surface area contributed by atoms with Crippen LogP contribution in [0, 0.1) is 0 Å². The average Bonchev–Trinajstić information content (AvgIpc) is 2.85. The van der Waals surface area contributed by atoms with Crippen molar-refractivity contribution in [1.82, 2.24) is 5.32 Å². The normalized spacial score (nSPS) is 21.9. The lowest BCUT2D eigenvalue weighted by molar-refractivity contribution is 0.768. The molecule has 2 aliphatic heterocycles. The van der Waals surface area contributed by atoms with E-state index >= 15 is 0 Å². The summed E-state index contributed by atoms with van der Waals surface area (Å²) in [5.74, 6) is 0.738. The molecule has 0 radical (unpaired) electrons. The van der Waals surface area contributed by atoms with Crippen LogP contribution < -0.4 is 5.32 Å². The van der Waals surface area contributed by atoms with Crippen LogP contribution in [0.3, 0.4) is 0 Å². The Hall–Kier alpha value is -0.860. The summed E-state index contributed by atoms with van der Waals surface area (Å²) in [5, 5.41) is 5.58. The third-order valence-corrected chi connectivity index (χ3v) is 3.93.